The molecule has 3 aromatic rings. The first kappa shape index (κ1) is 25.3. The van der Waals surface area contributed by atoms with E-state index >= 15 is 0 Å². The Morgan fingerprint density at radius 1 is 0.944 bits per heavy atom. The van der Waals surface area contributed by atoms with Crippen molar-refractivity contribution in [1.29, 1.82) is 0 Å². The number of ether oxygens (including phenoxy) is 3. The highest BCUT2D eigenvalue weighted by Gasteiger charge is 2.41. The fourth-order valence-electron chi connectivity index (χ4n) is 4.50. The van der Waals surface area contributed by atoms with Crippen LogP contribution in [0.3, 0.4) is 0 Å². The van der Waals surface area contributed by atoms with Gasteiger partial charge in [0, 0.05) is 16.3 Å². The third-order valence-electron chi connectivity index (χ3n) is 5.88. The lowest BCUT2D eigenvalue weighted by Crippen LogP contribution is -2.26. The number of carbonyl (C=O) groups is 2. The maximum atomic E-state index is 14.1. The summed E-state index contributed by atoms with van der Waals surface area (Å²) in [4.78, 5) is 26.6. The average molecular weight is 502 g/mol. The number of rotatable bonds is 8. The number of amides is 1. The van der Waals surface area contributed by atoms with Crippen molar-refractivity contribution in [1.82, 2.24) is 0 Å². The summed E-state index contributed by atoms with van der Waals surface area (Å²) >= 11 is 0. The maximum Gasteiger partial charge on any atom is 0.418 e. The SMILES string of the molecule is CCOC(=O)Cc1ccc(N2Cc3c(c(OCC)c4ccccc4c3OCC)C2=O)c(C(F)(F)F)c1. The molecule has 3 aromatic carbocycles. The zero-order chi connectivity index (χ0) is 26.0. The van der Waals surface area contributed by atoms with Crippen LogP contribution in [0.2, 0.25) is 0 Å². The Balaban J connectivity index is 1.86. The number of halogens is 3. The molecule has 4 rings (SSSR count). The summed E-state index contributed by atoms with van der Waals surface area (Å²) in [7, 11) is 0. The predicted molar refractivity (Wildman–Crippen MR) is 129 cm³/mol. The van der Waals surface area contributed by atoms with Gasteiger partial charge in [0.1, 0.15) is 11.5 Å². The number of alkyl halides is 3. The van der Waals surface area contributed by atoms with Crippen LogP contribution >= 0.6 is 0 Å². The van der Waals surface area contributed by atoms with Crippen molar-refractivity contribution in [2.24, 2.45) is 0 Å². The summed E-state index contributed by atoms with van der Waals surface area (Å²) in [6.45, 7) is 5.80. The van der Waals surface area contributed by atoms with Gasteiger partial charge in [-0.05, 0) is 38.5 Å². The van der Waals surface area contributed by atoms with Crippen molar-refractivity contribution < 1.29 is 37.0 Å². The Morgan fingerprint density at radius 3 is 2.19 bits per heavy atom. The molecule has 190 valence electrons. The van der Waals surface area contributed by atoms with Crippen LogP contribution in [0.1, 0.15) is 47.8 Å². The molecule has 0 unspecified atom stereocenters. The summed E-state index contributed by atoms with van der Waals surface area (Å²) in [6, 6.07) is 10.8. The minimum absolute atomic E-state index is 0.116. The summed E-state index contributed by atoms with van der Waals surface area (Å²) in [5.41, 5.74) is -0.490. The molecule has 1 aliphatic rings. The van der Waals surface area contributed by atoms with Gasteiger partial charge in [0.15, 0.2) is 0 Å². The number of anilines is 1. The van der Waals surface area contributed by atoms with E-state index < -0.39 is 23.6 Å². The van der Waals surface area contributed by atoms with E-state index in [-0.39, 0.29) is 43.0 Å². The summed E-state index contributed by atoms with van der Waals surface area (Å²) in [6.07, 6.45) is -5.06. The van der Waals surface area contributed by atoms with E-state index in [0.29, 0.717) is 29.1 Å². The molecule has 6 nitrogen and oxygen atoms in total. The van der Waals surface area contributed by atoms with Crippen molar-refractivity contribution in [3.05, 3.63) is 64.7 Å². The molecule has 9 heteroatoms. The first-order chi connectivity index (χ1) is 17.2. The second-order valence-corrected chi connectivity index (χ2v) is 8.15. The predicted octanol–water partition coefficient (Wildman–Crippen LogP) is 5.92. The number of nitrogens with zero attached hydrogens (tertiary/aromatic N) is 1. The summed E-state index contributed by atoms with van der Waals surface area (Å²) in [5.74, 6) is -0.456. The molecule has 0 radical (unpaired) electrons. The molecule has 0 atom stereocenters. The molecule has 0 aromatic heterocycles. The van der Waals surface area contributed by atoms with E-state index in [4.69, 9.17) is 14.2 Å². The molecule has 0 spiro atoms. The van der Waals surface area contributed by atoms with Gasteiger partial charge in [-0.15, -0.1) is 0 Å². The van der Waals surface area contributed by atoms with Gasteiger partial charge in [0.05, 0.1) is 49.6 Å². The topological polar surface area (TPSA) is 65.1 Å². The highest BCUT2D eigenvalue weighted by Crippen LogP contribution is 2.48. The monoisotopic (exact) mass is 501 g/mol. The fraction of sp³-hybridized carbons (Fsp3) is 0.333. The minimum Gasteiger partial charge on any atom is -0.493 e. The Kier molecular flexibility index (Phi) is 7.10. The fourth-order valence-corrected chi connectivity index (χ4v) is 4.50. The highest BCUT2D eigenvalue weighted by molar-refractivity contribution is 6.17. The maximum absolute atomic E-state index is 14.1. The quantitative estimate of drug-likeness (QED) is 0.359. The molecule has 0 N–H and O–H groups in total. The summed E-state index contributed by atoms with van der Waals surface area (Å²) < 4.78 is 59.1. The molecule has 0 bridgehead atoms. The van der Waals surface area contributed by atoms with Crippen molar-refractivity contribution in [2.75, 3.05) is 24.7 Å². The Bertz CT molecular complexity index is 1320. The lowest BCUT2D eigenvalue weighted by molar-refractivity contribution is -0.142. The molecule has 0 saturated carbocycles. The molecule has 1 amide bonds. The van der Waals surface area contributed by atoms with E-state index in [1.165, 1.54) is 12.1 Å². The largest absolute Gasteiger partial charge is 0.493 e. The zero-order valence-electron chi connectivity index (χ0n) is 20.2. The third kappa shape index (κ3) is 4.57. The molecule has 1 aliphatic heterocycles. The second kappa shape index (κ2) is 10.1. The Hall–Kier alpha value is -3.75. The van der Waals surface area contributed by atoms with Crippen molar-refractivity contribution >= 4 is 28.3 Å². The Labute approximate surface area is 206 Å². The Morgan fingerprint density at radius 2 is 1.58 bits per heavy atom. The standard InChI is InChI=1S/C27H26F3NO5/c1-4-34-22(32)14-16-11-12-21(20(13-16)27(28,29)30)31-15-19-23(26(31)33)25(36-6-3)18-10-8-7-9-17(18)24(19)35-5-2/h7-13H,4-6,14-15H2,1-3H3. The van der Waals surface area contributed by atoms with Gasteiger partial charge in [-0.25, -0.2) is 0 Å². The normalized spacial score (nSPS) is 13.2. The van der Waals surface area contributed by atoms with E-state index in [1.807, 2.05) is 12.1 Å². The van der Waals surface area contributed by atoms with Crippen molar-refractivity contribution in [3.8, 4) is 11.5 Å². The highest BCUT2D eigenvalue weighted by atomic mass is 19.4. The van der Waals surface area contributed by atoms with Crippen LogP contribution in [0.25, 0.3) is 10.8 Å². The van der Waals surface area contributed by atoms with Crippen LogP contribution in [0.4, 0.5) is 18.9 Å². The molecule has 0 fully saturated rings. The van der Waals surface area contributed by atoms with Crippen LogP contribution in [0, 0.1) is 0 Å². The van der Waals surface area contributed by atoms with Gasteiger partial charge in [0.25, 0.3) is 5.91 Å². The third-order valence-corrected chi connectivity index (χ3v) is 5.88. The van der Waals surface area contributed by atoms with Crippen molar-refractivity contribution in [2.45, 2.75) is 39.9 Å². The lowest BCUT2D eigenvalue weighted by Gasteiger charge is -2.22. The molecule has 36 heavy (non-hydrogen) atoms. The van der Waals surface area contributed by atoms with Crippen LogP contribution in [-0.4, -0.2) is 31.7 Å². The molecular weight excluding hydrogens is 475 g/mol. The number of carbonyl (C=O) groups excluding carboxylic acids is 2. The van der Waals surface area contributed by atoms with E-state index in [0.717, 1.165) is 16.4 Å². The van der Waals surface area contributed by atoms with Gasteiger partial charge < -0.3 is 19.1 Å². The van der Waals surface area contributed by atoms with E-state index in [1.54, 1.807) is 32.9 Å². The molecule has 0 aliphatic carbocycles. The van der Waals surface area contributed by atoms with E-state index in [2.05, 4.69) is 0 Å². The van der Waals surface area contributed by atoms with Crippen LogP contribution < -0.4 is 14.4 Å². The van der Waals surface area contributed by atoms with Gasteiger partial charge in [-0.2, -0.15) is 13.2 Å². The molecule has 1 heterocycles. The van der Waals surface area contributed by atoms with Gasteiger partial charge in [0.2, 0.25) is 0 Å². The second-order valence-electron chi connectivity index (χ2n) is 8.15. The first-order valence-corrected chi connectivity index (χ1v) is 11.7. The lowest BCUT2D eigenvalue weighted by atomic mass is 9.99. The smallest absolute Gasteiger partial charge is 0.418 e. The van der Waals surface area contributed by atoms with E-state index in [9.17, 15) is 22.8 Å². The van der Waals surface area contributed by atoms with Crippen LogP contribution in [0.15, 0.2) is 42.5 Å². The number of benzene rings is 3. The number of fused-ring (bicyclic) bond motifs is 2. The first-order valence-electron chi connectivity index (χ1n) is 11.7. The van der Waals surface area contributed by atoms with Gasteiger partial charge >= 0.3 is 12.1 Å². The molecular formula is C27H26F3NO5. The van der Waals surface area contributed by atoms with Crippen LogP contribution in [-0.2, 0) is 28.7 Å². The number of hydrogen-bond acceptors (Lipinski definition) is 5. The summed E-state index contributed by atoms with van der Waals surface area (Å²) in [5, 5.41) is 1.37. The number of hydrogen-bond donors (Lipinski definition) is 0. The van der Waals surface area contributed by atoms with Gasteiger partial charge in [-0.3, -0.25) is 9.59 Å². The van der Waals surface area contributed by atoms with Crippen LogP contribution in [0.5, 0.6) is 11.5 Å². The molecule has 0 saturated heterocycles. The number of esters is 1. The van der Waals surface area contributed by atoms with Crippen molar-refractivity contribution in [3.63, 3.8) is 0 Å². The van der Waals surface area contributed by atoms with Gasteiger partial charge in [-0.1, -0.05) is 30.3 Å². The zero-order valence-corrected chi connectivity index (χ0v) is 20.2. The average Bonchev–Trinajstić information content (AvgIpc) is 3.17. The minimum atomic E-state index is -4.76.